The third-order valence-corrected chi connectivity index (χ3v) is 7.58. The number of nitrogens with one attached hydrogen (secondary N) is 1. The molecular formula is C23H33NO6. The molecule has 1 N–H and O–H groups in total. The summed E-state index contributed by atoms with van der Waals surface area (Å²) in [5, 5.41) is 2.91. The lowest BCUT2D eigenvalue weighted by atomic mass is 9.48. The fourth-order valence-corrected chi connectivity index (χ4v) is 5.98. The molecule has 7 heteroatoms. The standard InChI is InChI=1S/C22H33NO4.CO2/c1-13(2)12-23-19(27)9-10-21(3)17(25)7-5-14-15-6-8-18(26)22(15,4)11-16(24)20(14)21;2-1-3/h13-15,20H,5-12H2,1-4H3,(H,23,27);/t14-,15-,20+,21-,22-;/m0./s1. The molecule has 0 radical (unpaired) electrons. The normalized spacial score (nSPS) is 35.1. The van der Waals surface area contributed by atoms with Gasteiger partial charge in [-0.25, -0.2) is 0 Å². The number of carbonyl (C=O) groups is 4. The van der Waals surface area contributed by atoms with Gasteiger partial charge in [0.05, 0.1) is 0 Å². The molecule has 7 nitrogen and oxygen atoms in total. The Labute approximate surface area is 177 Å². The molecular weight excluding hydrogens is 386 g/mol. The van der Waals surface area contributed by atoms with E-state index in [1.54, 1.807) is 0 Å². The number of hydrogen-bond acceptors (Lipinski definition) is 6. The van der Waals surface area contributed by atoms with Gasteiger partial charge >= 0.3 is 6.15 Å². The number of Topliss-reactive ketones (excluding diaryl/α,β-unsaturated/α-hetero) is 3. The van der Waals surface area contributed by atoms with Crippen molar-refractivity contribution in [3.8, 4) is 0 Å². The fraction of sp³-hybridized carbons (Fsp3) is 0.783. The quantitative estimate of drug-likeness (QED) is 0.732. The van der Waals surface area contributed by atoms with Crippen LogP contribution < -0.4 is 5.32 Å². The minimum Gasteiger partial charge on any atom is -0.356 e. The number of fused-ring (bicyclic) bond motifs is 3. The maximum atomic E-state index is 13.1. The second-order valence-corrected chi connectivity index (χ2v) is 9.93. The number of carbonyl (C=O) groups excluding carboxylic acids is 6. The summed E-state index contributed by atoms with van der Waals surface area (Å²) in [7, 11) is 0. The van der Waals surface area contributed by atoms with E-state index in [4.69, 9.17) is 9.59 Å². The number of hydrogen-bond donors (Lipinski definition) is 1. The Morgan fingerprint density at radius 1 is 1.10 bits per heavy atom. The highest BCUT2D eigenvalue weighted by Gasteiger charge is 2.62. The highest BCUT2D eigenvalue weighted by Crippen LogP contribution is 2.60. The van der Waals surface area contributed by atoms with Crippen molar-refractivity contribution in [1.29, 1.82) is 0 Å². The van der Waals surface area contributed by atoms with Gasteiger partial charge in [-0.15, -0.1) is 0 Å². The van der Waals surface area contributed by atoms with Crippen LogP contribution in [-0.2, 0) is 28.8 Å². The van der Waals surface area contributed by atoms with E-state index in [0.717, 1.165) is 6.42 Å². The molecule has 0 aromatic heterocycles. The third kappa shape index (κ3) is 4.46. The Morgan fingerprint density at radius 3 is 2.30 bits per heavy atom. The number of amides is 1. The van der Waals surface area contributed by atoms with Crippen LogP contribution in [0.3, 0.4) is 0 Å². The van der Waals surface area contributed by atoms with Crippen molar-refractivity contribution in [3.63, 3.8) is 0 Å². The zero-order valence-corrected chi connectivity index (χ0v) is 18.4. The van der Waals surface area contributed by atoms with Crippen molar-refractivity contribution in [3.05, 3.63) is 0 Å². The third-order valence-electron chi connectivity index (χ3n) is 7.58. The van der Waals surface area contributed by atoms with Crippen LogP contribution >= 0.6 is 0 Å². The van der Waals surface area contributed by atoms with E-state index in [0.29, 0.717) is 38.1 Å². The molecule has 30 heavy (non-hydrogen) atoms. The van der Waals surface area contributed by atoms with Crippen LogP contribution in [0.1, 0.15) is 72.6 Å². The summed E-state index contributed by atoms with van der Waals surface area (Å²) in [5.41, 5.74) is -1.31. The Bertz CT molecular complexity index is 753. The van der Waals surface area contributed by atoms with E-state index in [9.17, 15) is 19.2 Å². The second kappa shape index (κ2) is 9.34. The maximum Gasteiger partial charge on any atom is 0.373 e. The summed E-state index contributed by atoms with van der Waals surface area (Å²) in [6, 6.07) is 0. The van der Waals surface area contributed by atoms with Crippen molar-refractivity contribution >= 4 is 29.4 Å². The molecule has 0 bridgehead atoms. The Morgan fingerprint density at radius 2 is 1.70 bits per heavy atom. The molecule has 1 amide bonds. The van der Waals surface area contributed by atoms with E-state index in [1.165, 1.54) is 0 Å². The average molecular weight is 420 g/mol. The van der Waals surface area contributed by atoms with Crippen LogP contribution in [0.25, 0.3) is 0 Å². The molecule has 0 spiro atoms. The van der Waals surface area contributed by atoms with E-state index in [2.05, 4.69) is 5.32 Å². The fourth-order valence-electron chi connectivity index (χ4n) is 5.98. The summed E-state index contributed by atoms with van der Waals surface area (Å²) in [6.07, 6.45) is 3.76. The Hall–Kier alpha value is -2.14. The van der Waals surface area contributed by atoms with Gasteiger partial charge < -0.3 is 5.32 Å². The molecule has 5 atom stereocenters. The van der Waals surface area contributed by atoms with Crippen LogP contribution in [-0.4, -0.2) is 36.0 Å². The number of ketones is 3. The first-order valence-corrected chi connectivity index (χ1v) is 10.9. The first kappa shape index (κ1) is 24.1. The second-order valence-electron chi connectivity index (χ2n) is 9.93. The zero-order chi connectivity index (χ0) is 22.7. The van der Waals surface area contributed by atoms with Crippen LogP contribution in [0.15, 0.2) is 0 Å². The van der Waals surface area contributed by atoms with Gasteiger partial charge in [-0.3, -0.25) is 19.2 Å². The van der Waals surface area contributed by atoms with Crippen molar-refractivity contribution in [2.45, 2.75) is 72.6 Å². The molecule has 3 fully saturated rings. The van der Waals surface area contributed by atoms with Crippen LogP contribution in [0.2, 0.25) is 0 Å². The van der Waals surface area contributed by atoms with Gasteiger partial charge in [0.1, 0.15) is 17.3 Å². The minimum atomic E-state index is -0.776. The summed E-state index contributed by atoms with van der Waals surface area (Å²) in [5.74, 6) is 0.686. The van der Waals surface area contributed by atoms with Gasteiger partial charge in [0, 0.05) is 49.0 Å². The molecule has 3 rings (SSSR count). The SMILES string of the molecule is CC(C)CNC(=O)CC[C@@]1(C)C(=O)CC[C@@H]2[C@@H]1C(=O)C[C@]1(C)C(=O)CC[C@@H]21.O=C=O. The highest BCUT2D eigenvalue weighted by atomic mass is 16.2. The van der Waals surface area contributed by atoms with Crippen molar-refractivity contribution in [1.82, 2.24) is 5.32 Å². The predicted molar refractivity (Wildman–Crippen MR) is 107 cm³/mol. The molecule has 0 unspecified atom stereocenters. The zero-order valence-electron chi connectivity index (χ0n) is 18.4. The van der Waals surface area contributed by atoms with Gasteiger partial charge in [0.2, 0.25) is 5.91 Å². The lowest BCUT2D eigenvalue weighted by Gasteiger charge is -2.52. The van der Waals surface area contributed by atoms with Gasteiger partial charge in [0.25, 0.3) is 0 Å². The van der Waals surface area contributed by atoms with Crippen molar-refractivity contribution in [2.24, 2.45) is 34.5 Å². The maximum absolute atomic E-state index is 13.1. The summed E-state index contributed by atoms with van der Waals surface area (Å²) < 4.78 is 0. The number of rotatable bonds is 5. The lowest BCUT2D eigenvalue weighted by Crippen LogP contribution is -2.56. The molecule has 0 aromatic rings. The first-order chi connectivity index (χ1) is 14.0. The first-order valence-electron chi connectivity index (χ1n) is 10.9. The van der Waals surface area contributed by atoms with Gasteiger partial charge in [0.15, 0.2) is 0 Å². The molecule has 0 saturated heterocycles. The Balaban J connectivity index is 0.00000101. The Kier molecular flexibility index (Phi) is 7.51. The van der Waals surface area contributed by atoms with Crippen LogP contribution in [0.4, 0.5) is 0 Å². The monoisotopic (exact) mass is 419 g/mol. The average Bonchev–Trinajstić information content (AvgIpc) is 2.96. The van der Waals surface area contributed by atoms with Gasteiger partial charge in [-0.1, -0.05) is 27.7 Å². The van der Waals surface area contributed by atoms with Gasteiger partial charge in [-0.05, 0) is 37.0 Å². The van der Waals surface area contributed by atoms with Crippen LogP contribution in [0.5, 0.6) is 0 Å². The minimum absolute atomic E-state index is 0.0519. The lowest BCUT2D eigenvalue weighted by molar-refractivity contribution is -0.191. The molecule has 3 aliphatic carbocycles. The largest absolute Gasteiger partial charge is 0.373 e. The predicted octanol–water partition coefficient (Wildman–Crippen LogP) is 2.52. The molecule has 0 aliphatic heterocycles. The molecule has 166 valence electrons. The van der Waals surface area contributed by atoms with Crippen molar-refractivity contribution < 1.29 is 28.8 Å². The summed E-state index contributed by atoms with van der Waals surface area (Å²) in [6.45, 7) is 8.54. The summed E-state index contributed by atoms with van der Waals surface area (Å²) >= 11 is 0. The van der Waals surface area contributed by atoms with Gasteiger partial charge in [-0.2, -0.15) is 9.59 Å². The molecule has 0 aromatic carbocycles. The van der Waals surface area contributed by atoms with E-state index >= 15 is 0 Å². The molecule has 0 heterocycles. The topological polar surface area (TPSA) is 114 Å². The molecule has 3 aliphatic rings. The smallest absolute Gasteiger partial charge is 0.356 e. The molecule has 3 saturated carbocycles. The highest BCUT2D eigenvalue weighted by molar-refractivity contribution is 5.99. The van der Waals surface area contributed by atoms with E-state index in [1.807, 2.05) is 27.7 Å². The van der Waals surface area contributed by atoms with E-state index < -0.39 is 10.8 Å². The van der Waals surface area contributed by atoms with Crippen molar-refractivity contribution in [2.75, 3.05) is 6.54 Å². The van der Waals surface area contributed by atoms with E-state index in [-0.39, 0.29) is 60.0 Å². The van der Waals surface area contributed by atoms with Crippen LogP contribution in [0, 0.1) is 34.5 Å². The summed E-state index contributed by atoms with van der Waals surface area (Å²) in [4.78, 5) is 66.9.